The van der Waals surface area contributed by atoms with Crippen molar-refractivity contribution in [3.05, 3.63) is 28.8 Å². The van der Waals surface area contributed by atoms with Crippen molar-refractivity contribution < 1.29 is 4.92 Å². The molecule has 0 N–H and O–H groups in total. The molecular weight excluding hydrogens is 162 g/mol. The summed E-state index contributed by atoms with van der Waals surface area (Å²) in [6.07, 6.45) is 4.25. The molecule has 0 aliphatic rings. The molecule has 12 heavy (non-hydrogen) atoms. The third-order valence-corrected chi connectivity index (χ3v) is 1.37. The summed E-state index contributed by atoms with van der Waals surface area (Å²) in [5.74, 6) is -0.282. The van der Waals surface area contributed by atoms with Crippen LogP contribution >= 0.6 is 0 Å². The fraction of sp³-hybridized carbons (Fsp3) is 0. The zero-order chi connectivity index (χ0) is 8.55. The fourth-order valence-electron chi connectivity index (χ4n) is 0.874. The summed E-state index contributed by atoms with van der Waals surface area (Å²) in [6, 6.07) is 0. The lowest BCUT2D eigenvalue weighted by molar-refractivity contribution is -0.388. The maximum atomic E-state index is 10.4. The predicted octanol–water partition coefficient (Wildman–Crippen LogP) is 0.0325. The first kappa shape index (κ1) is 6.65. The third-order valence-electron chi connectivity index (χ3n) is 1.37. The van der Waals surface area contributed by atoms with Gasteiger partial charge in [0.15, 0.2) is 6.20 Å². The van der Waals surface area contributed by atoms with Gasteiger partial charge in [0.25, 0.3) is 5.65 Å². The van der Waals surface area contributed by atoms with E-state index in [4.69, 9.17) is 0 Å². The molecule has 0 aromatic carbocycles. The number of fused-ring (bicyclic) bond motifs is 1. The van der Waals surface area contributed by atoms with Crippen LogP contribution in [0.25, 0.3) is 5.65 Å². The molecule has 0 bridgehead atoms. The fourth-order valence-corrected chi connectivity index (χ4v) is 0.874. The lowest BCUT2D eigenvalue weighted by atomic mass is 10.6. The van der Waals surface area contributed by atoms with Crippen LogP contribution in [0.3, 0.4) is 0 Å². The standard InChI is InChI=1S/C5H3N5O2/c11-10(12)4-5-8-7-3-9(5)2-1-6-4/h1-3H. The Morgan fingerprint density at radius 1 is 1.58 bits per heavy atom. The Hall–Kier alpha value is -2.05. The number of rotatable bonds is 1. The van der Waals surface area contributed by atoms with Gasteiger partial charge in [0, 0.05) is 0 Å². The summed E-state index contributed by atoms with van der Waals surface area (Å²) in [5, 5.41) is 17.4. The largest absolute Gasteiger partial charge is 0.409 e. The van der Waals surface area contributed by atoms with Crippen molar-refractivity contribution in [2.75, 3.05) is 0 Å². The quantitative estimate of drug-likeness (QED) is 0.439. The summed E-state index contributed by atoms with van der Waals surface area (Å²) in [6.45, 7) is 0. The molecule has 60 valence electrons. The monoisotopic (exact) mass is 165 g/mol. The van der Waals surface area contributed by atoms with E-state index in [2.05, 4.69) is 15.2 Å². The summed E-state index contributed by atoms with van der Waals surface area (Å²) in [4.78, 5) is 13.3. The minimum absolute atomic E-state index is 0.155. The van der Waals surface area contributed by atoms with Crippen molar-refractivity contribution >= 4 is 11.5 Å². The predicted molar refractivity (Wildman–Crippen MR) is 37.4 cm³/mol. The molecule has 7 heteroatoms. The zero-order valence-electron chi connectivity index (χ0n) is 5.78. The Kier molecular flexibility index (Phi) is 1.23. The summed E-state index contributed by atoms with van der Waals surface area (Å²) in [7, 11) is 0. The van der Waals surface area contributed by atoms with E-state index in [1.807, 2.05) is 0 Å². The van der Waals surface area contributed by atoms with Crippen LogP contribution in [0, 0.1) is 10.1 Å². The second-order valence-electron chi connectivity index (χ2n) is 2.07. The molecule has 2 aromatic heterocycles. The van der Waals surface area contributed by atoms with E-state index < -0.39 is 4.92 Å². The van der Waals surface area contributed by atoms with Gasteiger partial charge in [-0.1, -0.05) is 0 Å². The van der Waals surface area contributed by atoms with Gasteiger partial charge in [-0.15, -0.1) is 10.2 Å². The second kappa shape index (κ2) is 2.22. The second-order valence-corrected chi connectivity index (χ2v) is 2.07. The van der Waals surface area contributed by atoms with Crippen LogP contribution in [0.4, 0.5) is 5.82 Å². The SMILES string of the molecule is O=[N+]([O-])c1nccn2cnnc12. The normalized spacial score (nSPS) is 10.3. The number of hydrogen-bond acceptors (Lipinski definition) is 5. The number of nitrogens with zero attached hydrogens (tertiary/aromatic N) is 5. The van der Waals surface area contributed by atoms with Gasteiger partial charge in [0.1, 0.15) is 6.33 Å². The molecule has 0 saturated heterocycles. The smallest absolute Gasteiger partial charge is 0.358 e. The first-order valence-corrected chi connectivity index (χ1v) is 3.08. The molecular formula is C5H3N5O2. The first-order valence-electron chi connectivity index (χ1n) is 3.08. The van der Waals surface area contributed by atoms with E-state index in [9.17, 15) is 10.1 Å². The van der Waals surface area contributed by atoms with Gasteiger partial charge in [-0.2, -0.15) is 0 Å². The average Bonchev–Trinajstić information content (AvgIpc) is 2.49. The molecule has 7 nitrogen and oxygen atoms in total. The van der Waals surface area contributed by atoms with Gasteiger partial charge in [0.2, 0.25) is 0 Å². The van der Waals surface area contributed by atoms with E-state index in [1.54, 1.807) is 6.20 Å². The van der Waals surface area contributed by atoms with Crippen molar-refractivity contribution in [2.45, 2.75) is 0 Å². The highest BCUT2D eigenvalue weighted by Crippen LogP contribution is 2.11. The van der Waals surface area contributed by atoms with E-state index in [-0.39, 0.29) is 11.5 Å². The number of nitro groups is 1. The molecule has 0 radical (unpaired) electrons. The van der Waals surface area contributed by atoms with Crippen LogP contribution in [-0.2, 0) is 0 Å². The van der Waals surface area contributed by atoms with Crippen molar-refractivity contribution in [2.24, 2.45) is 0 Å². The van der Waals surface area contributed by atoms with Crippen molar-refractivity contribution in [3.8, 4) is 0 Å². The Bertz CT molecular complexity index is 436. The van der Waals surface area contributed by atoms with E-state index >= 15 is 0 Å². The van der Waals surface area contributed by atoms with Crippen molar-refractivity contribution in [3.63, 3.8) is 0 Å². The van der Waals surface area contributed by atoms with Crippen LogP contribution < -0.4 is 0 Å². The number of hydrogen-bond donors (Lipinski definition) is 0. The lowest BCUT2D eigenvalue weighted by Gasteiger charge is -1.91. The Morgan fingerprint density at radius 2 is 2.42 bits per heavy atom. The van der Waals surface area contributed by atoms with Crippen LogP contribution in [0.1, 0.15) is 0 Å². The lowest BCUT2D eigenvalue weighted by Crippen LogP contribution is -1.96. The van der Waals surface area contributed by atoms with E-state index in [0.29, 0.717) is 0 Å². The van der Waals surface area contributed by atoms with Gasteiger partial charge < -0.3 is 10.1 Å². The third kappa shape index (κ3) is 0.797. The zero-order valence-corrected chi connectivity index (χ0v) is 5.78. The van der Waals surface area contributed by atoms with Crippen LogP contribution in [0.2, 0.25) is 0 Å². The van der Waals surface area contributed by atoms with Crippen LogP contribution in [0.5, 0.6) is 0 Å². The van der Waals surface area contributed by atoms with Crippen LogP contribution in [-0.4, -0.2) is 24.5 Å². The van der Waals surface area contributed by atoms with Crippen molar-refractivity contribution in [1.29, 1.82) is 0 Å². The van der Waals surface area contributed by atoms with E-state index in [1.165, 1.54) is 16.9 Å². The van der Waals surface area contributed by atoms with Crippen LogP contribution in [0.15, 0.2) is 18.7 Å². The number of aromatic nitrogens is 4. The Balaban J connectivity index is 2.82. The van der Waals surface area contributed by atoms with Gasteiger partial charge in [0.05, 0.1) is 6.20 Å². The topological polar surface area (TPSA) is 86.2 Å². The molecule has 0 saturated carbocycles. The molecule has 0 fully saturated rings. The maximum absolute atomic E-state index is 10.4. The minimum Gasteiger partial charge on any atom is -0.358 e. The molecule has 0 spiro atoms. The Labute approximate surface area is 65.8 Å². The van der Waals surface area contributed by atoms with E-state index in [0.717, 1.165) is 0 Å². The molecule has 0 aliphatic carbocycles. The first-order chi connectivity index (χ1) is 5.79. The molecule has 2 heterocycles. The molecule has 0 amide bonds. The Morgan fingerprint density at radius 3 is 3.17 bits per heavy atom. The molecule has 0 atom stereocenters. The maximum Gasteiger partial charge on any atom is 0.409 e. The minimum atomic E-state index is -0.593. The molecule has 2 aromatic rings. The highest BCUT2D eigenvalue weighted by molar-refractivity contribution is 5.52. The summed E-state index contributed by atoms with van der Waals surface area (Å²) >= 11 is 0. The summed E-state index contributed by atoms with van der Waals surface area (Å²) < 4.78 is 1.44. The summed E-state index contributed by atoms with van der Waals surface area (Å²) in [5.41, 5.74) is 0.155. The van der Waals surface area contributed by atoms with Gasteiger partial charge >= 0.3 is 5.82 Å². The highest BCUT2D eigenvalue weighted by Gasteiger charge is 2.14. The molecule has 2 rings (SSSR count). The molecule has 0 aliphatic heterocycles. The molecule has 0 unspecified atom stereocenters. The highest BCUT2D eigenvalue weighted by atomic mass is 16.6. The van der Waals surface area contributed by atoms with Gasteiger partial charge in [-0.05, 0) is 9.91 Å². The van der Waals surface area contributed by atoms with Gasteiger partial charge in [-0.3, -0.25) is 4.40 Å². The van der Waals surface area contributed by atoms with Crippen molar-refractivity contribution in [1.82, 2.24) is 19.6 Å². The average molecular weight is 165 g/mol. The van der Waals surface area contributed by atoms with Gasteiger partial charge in [-0.25, -0.2) is 0 Å².